The zero-order chi connectivity index (χ0) is 17.1. The molecule has 0 amide bonds. The topological polar surface area (TPSA) is 84.9 Å². The maximum atomic E-state index is 13.0. The van der Waals surface area contributed by atoms with Crippen molar-refractivity contribution in [1.82, 2.24) is 5.32 Å². The molecule has 0 aromatic rings. The minimum atomic E-state index is -3.43. The minimum Gasteiger partial charge on any atom is -0.480 e. The zero-order valence-corrected chi connectivity index (χ0v) is 15.3. The highest BCUT2D eigenvalue weighted by Gasteiger charge is 2.39. The number of carboxylic acids is 1. The second-order valence-electron chi connectivity index (χ2n) is 7.28. The SMILES string of the molecule is CNC(C(=O)O)C(C)CP(=O)(OC(C)(C)C)OC(C)(C)C. The number of nitrogens with one attached hydrogen (secondary N) is 1. The van der Waals surface area contributed by atoms with Crippen molar-refractivity contribution in [1.29, 1.82) is 0 Å². The Kier molecular flexibility index (Phi) is 7.08. The van der Waals surface area contributed by atoms with Crippen LogP contribution in [0.15, 0.2) is 0 Å². The molecule has 0 heterocycles. The highest BCUT2D eigenvalue weighted by atomic mass is 31.2. The Hall–Kier alpha value is -0.420. The first-order valence-electron chi connectivity index (χ1n) is 7.10. The largest absolute Gasteiger partial charge is 0.480 e. The van der Waals surface area contributed by atoms with Crippen LogP contribution in [0.25, 0.3) is 0 Å². The first-order valence-corrected chi connectivity index (χ1v) is 8.82. The smallest absolute Gasteiger partial charge is 0.332 e. The van der Waals surface area contributed by atoms with E-state index in [0.717, 1.165) is 0 Å². The van der Waals surface area contributed by atoms with Crippen molar-refractivity contribution >= 4 is 13.6 Å². The lowest BCUT2D eigenvalue weighted by Gasteiger charge is -2.34. The molecule has 0 saturated heterocycles. The second kappa shape index (κ2) is 7.23. The maximum absolute atomic E-state index is 13.0. The molecule has 0 aliphatic heterocycles. The van der Waals surface area contributed by atoms with Gasteiger partial charge in [-0.3, -0.25) is 9.36 Å². The number of likely N-dealkylation sites (N-methyl/N-ethyl adjacent to an activating group) is 1. The van der Waals surface area contributed by atoms with E-state index in [1.54, 1.807) is 55.5 Å². The molecule has 0 bridgehead atoms. The molecule has 0 aliphatic carbocycles. The van der Waals surface area contributed by atoms with Crippen molar-refractivity contribution < 1.29 is 23.5 Å². The van der Waals surface area contributed by atoms with Gasteiger partial charge in [0.05, 0.1) is 17.4 Å². The number of carboxylic acid groups (broad SMARTS) is 1. The van der Waals surface area contributed by atoms with Crippen molar-refractivity contribution in [2.75, 3.05) is 13.2 Å². The van der Waals surface area contributed by atoms with E-state index in [1.807, 2.05) is 0 Å². The lowest BCUT2D eigenvalue weighted by Crippen LogP contribution is -2.41. The Bertz CT molecular complexity index is 377. The average molecular weight is 323 g/mol. The van der Waals surface area contributed by atoms with Gasteiger partial charge in [0.25, 0.3) is 0 Å². The van der Waals surface area contributed by atoms with Gasteiger partial charge in [-0.25, -0.2) is 0 Å². The second-order valence-corrected chi connectivity index (χ2v) is 9.23. The molecule has 0 aromatic heterocycles. The van der Waals surface area contributed by atoms with Gasteiger partial charge in [0.2, 0.25) is 0 Å². The fraction of sp³-hybridized carbons (Fsp3) is 0.929. The highest BCUT2D eigenvalue weighted by Crippen LogP contribution is 2.55. The fourth-order valence-electron chi connectivity index (χ4n) is 2.04. The summed E-state index contributed by atoms with van der Waals surface area (Å²) in [5.41, 5.74) is -1.28. The zero-order valence-electron chi connectivity index (χ0n) is 14.4. The number of hydrogen-bond donors (Lipinski definition) is 2. The van der Waals surface area contributed by atoms with Crippen LogP contribution >= 0.6 is 7.60 Å². The lowest BCUT2D eigenvalue weighted by atomic mass is 10.1. The molecular weight excluding hydrogens is 293 g/mol. The highest BCUT2D eigenvalue weighted by molar-refractivity contribution is 7.53. The third-order valence-electron chi connectivity index (χ3n) is 2.48. The fourth-order valence-corrected chi connectivity index (χ4v) is 4.81. The normalized spacial score (nSPS) is 16.6. The van der Waals surface area contributed by atoms with Crippen LogP contribution in [0.2, 0.25) is 0 Å². The molecule has 0 rings (SSSR count). The Morgan fingerprint density at radius 2 is 1.52 bits per heavy atom. The van der Waals surface area contributed by atoms with Gasteiger partial charge in [-0.2, -0.15) is 0 Å². The molecule has 0 saturated carbocycles. The molecule has 2 unspecified atom stereocenters. The van der Waals surface area contributed by atoms with Gasteiger partial charge >= 0.3 is 13.6 Å². The molecule has 0 aromatic carbocycles. The summed E-state index contributed by atoms with van der Waals surface area (Å²) >= 11 is 0. The van der Waals surface area contributed by atoms with E-state index in [0.29, 0.717) is 0 Å². The van der Waals surface area contributed by atoms with E-state index >= 15 is 0 Å². The van der Waals surface area contributed by atoms with Crippen LogP contribution in [0.5, 0.6) is 0 Å². The van der Waals surface area contributed by atoms with Crippen LogP contribution in [0.4, 0.5) is 0 Å². The van der Waals surface area contributed by atoms with Crippen molar-refractivity contribution in [3.05, 3.63) is 0 Å². The molecule has 0 aliphatic rings. The van der Waals surface area contributed by atoms with Gasteiger partial charge < -0.3 is 19.5 Å². The summed E-state index contributed by atoms with van der Waals surface area (Å²) in [5, 5.41) is 11.9. The van der Waals surface area contributed by atoms with Crippen molar-refractivity contribution in [2.24, 2.45) is 5.92 Å². The number of rotatable bonds is 7. The van der Waals surface area contributed by atoms with Crippen LogP contribution in [0.3, 0.4) is 0 Å². The summed E-state index contributed by atoms with van der Waals surface area (Å²) in [6.07, 6.45) is 0.0410. The molecule has 2 N–H and O–H groups in total. The van der Waals surface area contributed by atoms with E-state index in [2.05, 4.69) is 5.32 Å². The molecule has 0 radical (unpaired) electrons. The van der Waals surface area contributed by atoms with Gasteiger partial charge in [0, 0.05) is 0 Å². The van der Waals surface area contributed by atoms with Crippen LogP contribution in [-0.4, -0.2) is 41.5 Å². The summed E-state index contributed by atoms with van der Waals surface area (Å²) in [5.74, 6) is -1.38. The third-order valence-corrected chi connectivity index (χ3v) is 5.16. The average Bonchev–Trinajstić information content (AvgIpc) is 2.08. The van der Waals surface area contributed by atoms with Crippen molar-refractivity contribution in [2.45, 2.75) is 65.7 Å². The molecule has 2 atom stereocenters. The van der Waals surface area contributed by atoms with Crippen molar-refractivity contribution in [3.63, 3.8) is 0 Å². The van der Waals surface area contributed by atoms with Crippen LogP contribution in [0, 0.1) is 5.92 Å². The molecule has 21 heavy (non-hydrogen) atoms. The monoisotopic (exact) mass is 323 g/mol. The minimum absolute atomic E-state index is 0.0410. The summed E-state index contributed by atoms with van der Waals surface area (Å²) in [6, 6.07) is -0.800. The summed E-state index contributed by atoms with van der Waals surface area (Å²) in [7, 11) is -1.86. The molecule has 0 spiro atoms. The number of aliphatic carboxylic acids is 1. The lowest BCUT2D eigenvalue weighted by molar-refractivity contribution is -0.140. The van der Waals surface area contributed by atoms with Crippen LogP contribution in [-0.2, 0) is 18.4 Å². The Labute approximate surface area is 128 Å². The van der Waals surface area contributed by atoms with E-state index in [9.17, 15) is 14.5 Å². The van der Waals surface area contributed by atoms with E-state index in [4.69, 9.17) is 9.05 Å². The summed E-state index contributed by atoms with van der Waals surface area (Å²) in [4.78, 5) is 11.2. The summed E-state index contributed by atoms with van der Waals surface area (Å²) in [6.45, 7) is 12.5. The molecule has 126 valence electrons. The third kappa shape index (κ3) is 8.57. The first-order chi connectivity index (χ1) is 9.19. The number of hydrogen-bond acceptors (Lipinski definition) is 5. The van der Waals surface area contributed by atoms with Gasteiger partial charge in [-0.1, -0.05) is 6.92 Å². The van der Waals surface area contributed by atoms with E-state index in [-0.39, 0.29) is 6.16 Å². The Morgan fingerprint density at radius 3 is 1.76 bits per heavy atom. The van der Waals surface area contributed by atoms with Gasteiger partial charge in [0.15, 0.2) is 0 Å². The molecule has 6 nitrogen and oxygen atoms in total. The Morgan fingerprint density at radius 1 is 1.14 bits per heavy atom. The van der Waals surface area contributed by atoms with Gasteiger partial charge in [0.1, 0.15) is 6.04 Å². The molecule has 7 heteroatoms. The van der Waals surface area contributed by atoms with Gasteiger partial charge in [-0.05, 0) is 54.5 Å². The molecular formula is C14H30NO5P. The molecule has 0 fully saturated rings. The van der Waals surface area contributed by atoms with Gasteiger partial charge in [-0.15, -0.1) is 0 Å². The van der Waals surface area contributed by atoms with Crippen molar-refractivity contribution in [3.8, 4) is 0 Å². The van der Waals surface area contributed by atoms with Crippen LogP contribution < -0.4 is 5.32 Å². The predicted octanol–water partition coefficient (Wildman–Crippen LogP) is 3.12. The predicted molar refractivity (Wildman–Crippen MR) is 83.8 cm³/mol. The first kappa shape index (κ1) is 20.6. The Balaban J connectivity index is 5.24. The number of carbonyl (C=O) groups is 1. The van der Waals surface area contributed by atoms with E-state index < -0.39 is 36.7 Å². The van der Waals surface area contributed by atoms with E-state index in [1.165, 1.54) is 0 Å². The maximum Gasteiger partial charge on any atom is 0.332 e. The quantitative estimate of drug-likeness (QED) is 0.700. The summed E-state index contributed by atoms with van der Waals surface area (Å²) < 4.78 is 24.4. The standard InChI is InChI=1S/C14H30NO5P/c1-10(11(15-8)12(16)17)9-21(18,19-13(2,3)4)20-14(5,6)7/h10-11,15H,9H2,1-8H3,(H,16,17). The van der Waals surface area contributed by atoms with Crippen LogP contribution in [0.1, 0.15) is 48.5 Å².